The molecule has 1 heterocycles. The zero-order valence-corrected chi connectivity index (χ0v) is 12.3. The topological polar surface area (TPSA) is 50.4 Å². The Labute approximate surface area is 120 Å². The second-order valence-corrected chi connectivity index (χ2v) is 5.49. The Morgan fingerprint density at radius 3 is 2.95 bits per heavy atom. The number of piperidine rings is 1. The first-order valence-corrected chi connectivity index (χ1v) is 7.33. The summed E-state index contributed by atoms with van der Waals surface area (Å²) in [6, 6.07) is 8.61. The smallest absolute Gasteiger partial charge is 0.224 e. The predicted octanol–water partition coefficient (Wildman–Crippen LogP) is 1.88. The fourth-order valence-corrected chi connectivity index (χ4v) is 2.72. The van der Waals surface area contributed by atoms with Gasteiger partial charge in [-0.3, -0.25) is 4.79 Å². The van der Waals surface area contributed by atoms with E-state index in [1.807, 2.05) is 24.3 Å². The van der Waals surface area contributed by atoms with E-state index in [0.29, 0.717) is 25.0 Å². The fourth-order valence-electron chi connectivity index (χ4n) is 2.72. The van der Waals surface area contributed by atoms with Crippen LogP contribution in [0.15, 0.2) is 24.3 Å². The van der Waals surface area contributed by atoms with E-state index in [1.165, 1.54) is 12.8 Å². The summed E-state index contributed by atoms with van der Waals surface area (Å²) in [4.78, 5) is 12.0. The number of amides is 1. The van der Waals surface area contributed by atoms with Crippen LogP contribution in [0, 0.1) is 0 Å². The summed E-state index contributed by atoms with van der Waals surface area (Å²) < 4.78 is 5.26. The maximum atomic E-state index is 12.0. The molecular formula is C16H24N2O2. The third kappa shape index (κ3) is 4.23. The second kappa shape index (κ2) is 7.29. The molecule has 20 heavy (non-hydrogen) atoms. The lowest BCUT2D eigenvalue weighted by Crippen LogP contribution is -2.47. The van der Waals surface area contributed by atoms with Crippen LogP contribution in [0.5, 0.6) is 5.75 Å². The number of methoxy groups -OCH3 is 1. The Balaban J connectivity index is 1.80. The lowest BCUT2D eigenvalue weighted by molar-refractivity contribution is -0.120. The van der Waals surface area contributed by atoms with Crippen molar-refractivity contribution in [1.29, 1.82) is 0 Å². The number of rotatable bonds is 5. The summed E-state index contributed by atoms with van der Waals surface area (Å²) in [5.41, 5.74) is 0.928. The van der Waals surface area contributed by atoms with Crippen LogP contribution < -0.4 is 15.4 Å². The first kappa shape index (κ1) is 14.9. The van der Waals surface area contributed by atoms with Gasteiger partial charge >= 0.3 is 0 Å². The Morgan fingerprint density at radius 1 is 1.40 bits per heavy atom. The summed E-state index contributed by atoms with van der Waals surface area (Å²) in [5, 5.41) is 6.53. The predicted molar refractivity (Wildman–Crippen MR) is 79.9 cm³/mol. The summed E-state index contributed by atoms with van der Waals surface area (Å²) in [7, 11) is 1.63. The number of ether oxygens (including phenoxy) is 1. The van der Waals surface area contributed by atoms with Crippen molar-refractivity contribution < 1.29 is 9.53 Å². The average molecular weight is 276 g/mol. The standard InChI is InChI=1S/C16H24N2O2/c1-12-6-5-8-14(18-12)11-17-16(19)10-13-7-3-4-9-15(13)20-2/h3-4,7,9,12,14,18H,5-6,8,10-11H2,1-2H3,(H,17,19). The molecule has 1 aromatic rings. The van der Waals surface area contributed by atoms with E-state index in [1.54, 1.807) is 7.11 Å². The molecule has 1 fully saturated rings. The molecule has 0 aromatic heterocycles. The zero-order valence-electron chi connectivity index (χ0n) is 12.3. The highest BCUT2D eigenvalue weighted by atomic mass is 16.5. The number of hydrogen-bond acceptors (Lipinski definition) is 3. The molecule has 0 bridgehead atoms. The molecule has 1 aromatic carbocycles. The minimum Gasteiger partial charge on any atom is -0.496 e. The van der Waals surface area contributed by atoms with Gasteiger partial charge in [-0.2, -0.15) is 0 Å². The molecule has 1 aliphatic rings. The van der Waals surface area contributed by atoms with Crippen LogP contribution in [0.3, 0.4) is 0 Å². The third-order valence-corrected chi connectivity index (χ3v) is 3.80. The van der Waals surface area contributed by atoms with Crippen molar-refractivity contribution in [2.75, 3.05) is 13.7 Å². The van der Waals surface area contributed by atoms with Gasteiger partial charge in [0.1, 0.15) is 5.75 Å². The van der Waals surface area contributed by atoms with Crippen LogP contribution in [-0.4, -0.2) is 31.6 Å². The highest BCUT2D eigenvalue weighted by Crippen LogP contribution is 2.17. The van der Waals surface area contributed by atoms with Crippen molar-refractivity contribution in [3.8, 4) is 5.75 Å². The second-order valence-electron chi connectivity index (χ2n) is 5.49. The SMILES string of the molecule is COc1ccccc1CC(=O)NCC1CCCC(C)N1. The Kier molecular flexibility index (Phi) is 5.41. The van der Waals surface area contributed by atoms with Crippen LogP contribution in [0.1, 0.15) is 31.7 Å². The van der Waals surface area contributed by atoms with Gasteiger partial charge < -0.3 is 15.4 Å². The number of carbonyl (C=O) groups excluding carboxylic acids is 1. The molecule has 4 heteroatoms. The van der Waals surface area contributed by atoms with E-state index in [0.717, 1.165) is 17.7 Å². The van der Waals surface area contributed by atoms with Crippen molar-refractivity contribution in [2.24, 2.45) is 0 Å². The fraction of sp³-hybridized carbons (Fsp3) is 0.562. The largest absolute Gasteiger partial charge is 0.496 e. The molecule has 1 saturated heterocycles. The number of benzene rings is 1. The highest BCUT2D eigenvalue weighted by molar-refractivity contribution is 5.79. The highest BCUT2D eigenvalue weighted by Gasteiger charge is 2.18. The van der Waals surface area contributed by atoms with E-state index >= 15 is 0 Å². The summed E-state index contributed by atoms with van der Waals surface area (Å²) in [6.45, 7) is 2.90. The van der Waals surface area contributed by atoms with Crippen molar-refractivity contribution >= 4 is 5.91 Å². The van der Waals surface area contributed by atoms with Gasteiger partial charge in [-0.25, -0.2) is 0 Å². The van der Waals surface area contributed by atoms with E-state index in [-0.39, 0.29) is 5.91 Å². The Bertz CT molecular complexity index is 448. The monoisotopic (exact) mass is 276 g/mol. The molecule has 2 N–H and O–H groups in total. The molecule has 1 aliphatic heterocycles. The summed E-state index contributed by atoms with van der Waals surface area (Å²) >= 11 is 0. The van der Waals surface area contributed by atoms with Gasteiger partial charge in [0.25, 0.3) is 0 Å². The third-order valence-electron chi connectivity index (χ3n) is 3.80. The summed E-state index contributed by atoms with van der Waals surface area (Å²) in [6.07, 6.45) is 3.97. The van der Waals surface area contributed by atoms with E-state index in [4.69, 9.17) is 4.74 Å². The molecule has 0 spiro atoms. The van der Waals surface area contributed by atoms with Gasteiger partial charge in [0, 0.05) is 24.2 Å². The minimum absolute atomic E-state index is 0.0505. The number of carbonyl (C=O) groups is 1. The maximum absolute atomic E-state index is 12.0. The molecule has 2 rings (SSSR count). The van der Waals surface area contributed by atoms with Crippen molar-refractivity contribution in [1.82, 2.24) is 10.6 Å². The molecule has 110 valence electrons. The van der Waals surface area contributed by atoms with E-state index < -0.39 is 0 Å². The number of para-hydroxylation sites is 1. The van der Waals surface area contributed by atoms with Gasteiger partial charge in [0.15, 0.2) is 0 Å². The zero-order chi connectivity index (χ0) is 14.4. The maximum Gasteiger partial charge on any atom is 0.224 e. The van der Waals surface area contributed by atoms with E-state index in [2.05, 4.69) is 17.6 Å². The van der Waals surface area contributed by atoms with Gasteiger partial charge in [0.05, 0.1) is 13.5 Å². The molecule has 1 amide bonds. The van der Waals surface area contributed by atoms with Crippen LogP contribution in [-0.2, 0) is 11.2 Å². The van der Waals surface area contributed by atoms with E-state index in [9.17, 15) is 4.79 Å². The lowest BCUT2D eigenvalue weighted by atomic mass is 9.99. The van der Waals surface area contributed by atoms with Crippen molar-refractivity contribution in [3.63, 3.8) is 0 Å². The molecule has 0 aliphatic carbocycles. The normalized spacial score (nSPS) is 22.3. The van der Waals surface area contributed by atoms with Gasteiger partial charge in [-0.05, 0) is 25.8 Å². The molecular weight excluding hydrogens is 252 g/mol. The van der Waals surface area contributed by atoms with Gasteiger partial charge in [-0.1, -0.05) is 24.6 Å². The van der Waals surface area contributed by atoms with Gasteiger partial charge in [0.2, 0.25) is 5.91 Å². The molecule has 2 unspecified atom stereocenters. The minimum atomic E-state index is 0.0505. The summed E-state index contributed by atoms with van der Waals surface area (Å²) in [5.74, 6) is 0.821. The average Bonchev–Trinajstić information content (AvgIpc) is 2.46. The van der Waals surface area contributed by atoms with Crippen LogP contribution in [0.4, 0.5) is 0 Å². The van der Waals surface area contributed by atoms with Gasteiger partial charge in [-0.15, -0.1) is 0 Å². The first-order valence-electron chi connectivity index (χ1n) is 7.33. The number of nitrogens with one attached hydrogen (secondary N) is 2. The molecule has 4 nitrogen and oxygen atoms in total. The van der Waals surface area contributed by atoms with Crippen LogP contribution in [0.2, 0.25) is 0 Å². The first-order chi connectivity index (χ1) is 9.69. The molecule has 2 atom stereocenters. The molecule has 0 radical (unpaired) electrons. The van der Waals surface area contributed by atoms with Crippen LogP contribution >= 0.6 is 0 Å². The number of hydrogen-bond donors (Lipinski definition) is 2. The Morgan fingerprint density at radius 2 is 2.20 bits per heavy atom. The quantitative estimate of drug-likeness (QED) is 0.863. The van der Waals surface area contributed by atoms with Crippen molar-refractivity contribution in [3.05, 3.63) is 29.8 Å². The Hall–Kier alpha value is -1.55. The van der Waals surface area contributed by atoms with Crippen LogP contribution in [0.25, 0.3) is 0 Å². The van der Waals surface area contributed by atoms with Crippen molar-refractivity contribution in [2.45, 2.75) is 44.7 Å². The molecule has 0 saturated carbocycles. The lowest BCUT2D eigenvalue weighted by Gasteiger charge is -2.28.